The molecule has 1 aliphatic rings. The number of hydrogen-bond acceptors (Lipinski definition) is 4. The predicted molar refractivity (Wildman–Crippen MR) is 67.7 cm³/mol. The second kappa shape index (κ2) is 5.80. The van der Waals surface area contributed by atoms with Crippen molar-refractivity contribution < 1.29 is 9.66 Å². The zero-order valence-corrected chi connectivity index (χ0v) is 10.6. The van der Waals surface area contributed by atoms with Crippen molar-refractivity contribution in [2.24, 2.45) is 5.92 Å². The third kappa shape index (κ3) is 3.18. The van der Waals surface area contributed by atoms with Crippen LogP contribution >= 0.6 is 0 Å². The normalized spacial score (nSPS) is 16.5. The van der Waals surface area contributed by atoms with Crippen molar-refractivity contribution in [2.45, 2.75) is 39.0 Å². The number of aromatic nitrogens is 1. The van der Waals surface area contributed by atoms with E-state index in [1.807, 2.05) is 6.92 Å². The molecule has 0 radical (unpaired) electrons. The van der Waals surface area contributed by atoms with Crippen LogP contribution in [0.15, 0.2) is 12.3 Å². The molecule has 18 heavy (non-hydrogen) atoms. The molecule has 1 heterocycles. The summed E-state index contributed by atoms with van der Waals surface area (Å²) in [6.45, 7) is 2.41. The molecule has 1 aromatic rings. The minimum absolute atomic E-state index is 0.184. The summed E-state index contributed by atoms with van der Waals surface area (Å²) in [5, 5.41) is 10.8. The molecule has 1 aromatic heterocycles. The highest BCUT2D eigenvalue weighted by Crippen LogP contribution is 2.28. The lowest BCUT2D eigenvalue weighted by Gasteiger charge is -2.21. The summed E-state index contributed by atoms with van der Waals surface area (Å²) in [7, 11) is 0. The molecule has 0 saturated heterocycles. The van der Waals surface area contributed by atoms with Gasteiger partial charge in [-0.25, -0.2) is 0 Å². The molecular weight excluding hydrogens is 232 g/mol. The highest BCUT2D eigenvalue weighted by Gasteiger charge is 2.19. The van der Waals surface area contributed by atoms with E-state index < -0.39 is 4.92 Å². The lowest BCUT2D eigenvalue weighted by atomic mass is 9.90. The van der Waals surface area contributed by atoms with Crippen LogP contribution in [0.1, 0.15) is 37.7 Å². The molecule has 2 rings (SSSR count). The average molecular weight is 250 g/mol. The number of hydrogen-bond donors (Lipinski definition) is 0. The van der Waals surface area contributed by atoms with E-state index in [0.29, 0.717) is 18.3 Å². The molecule has 0 aromatic carbocycles. The number of pyridine rings is 1. The van der Waals surface area contributed by atoms with Crippen molar-refractivity contribution >= 4 is 5.82 Å². The average Bonchev–Trinajstić information content (AvgIpc) is 2.37. The number of nitrogens with zero attached hydrogens (tertiary/aromatic N) is 2. The van der Waals surface area contributed by atoms with Gasteiger partial charge in [0.15, 0.2) is 0 Å². The first kappa shape index (κ1) is 12.8. The van der Waals surface area contributed by atoms with Gasteiger partial charge in [-0.1, -0.05) is 19.3 Å². The van der Waals surface area contributed by atoms with E-state index in [1.54, 1.807) is 6.07 Å². The molecule has 0 amide bonds. The minimum atomic E-state index is -0.490. The van der Waals surface area contributed by atoms with Crippen LogP contribution in [0.2, 0.25) is 0 Å². The largest absolute Gasteiger partial charge is 0.485 e. The fraction of sp³-hybridized carbons (Fsp3) is 0.615. The Balaban J connectivity index is 2.03. The maximum Gasteiger partial charge on any atom is 0.406 e. The molecule has 0 unspecified atom stereocenters. The van der Waals surface area contributed by atoms with Crippen molar-refractivity contribution in [3.63, 3.8) is 0 Å². The SMILES string of the molecule is Cc1cnc([N+](=O)[O-])c(OCC2CCCCC2)c1. The number of nitro groups is 1. The van der Waals surface area contributed by atoms with Crippen molar-refractivity contribution in [2.75, 3.05) is 6.61 Å². The molecule has 5 heteroatoms. The van der Waals surface area contributed by atoms with Gasteiger partial charge >= 0.3 is 5.82 Å². The van der Waals surface area contributed by atoms with Crippen molar-refractivity contribution in [1.82, 2.24) is 4.98 Å². The quantitative estimate of drug-likeness (QED) is 0.607. The Kier molecular flexibility index (Phi) is 4.12. The van der Waals surface area contributed by atoms with Crippen LogP contribution in [-0.4, -0.2) is 16.5 Å². The van der Waals surface area contributed by atoms with Gasteiger partial charge in [-0.05, 0) is 47.2 Å². The summed E-state index contributed by atoms with van der Waals surface area (Å²) in [5.74, 6) is 0.640. The van der Waals surface area contributed by atoms with E-state index in [2.05, 4.69) is 4.98 Å². The minimum Gasteiger partial charge on any atom is -0.485 e. The predicted octanol–water partition coefficient (Wildman–Crippen LogP) is 3.26. The topological polar surface area (TPSA) is 65.3 Å². The monoisotopic (exact) mass is 250 g/mol. The van der Waals surface area contributed by atoms with Crippen LogP contribution in [0.25, 0.3) is 0 Å². The van der Waals surface area contributed by atoms with Gasteiger partial charge in [0, 0.05) is 0 Å². The van der Waals surface area contributed by atoms with Gasteiger partial charge in [-0.3, -0.25) is 0 Å². The van der Waals surface area contributed by atoms with Gasteiger partial charge in [0.1, 0.15) is 6.20 Å². The first-order valence-corrected chi connectivity index (χ1v) is 6.40. The molecule has 0 atom stereocenters. The fourth-order valence-electron chi connectivity index (χ4n) is 2.34. The molecule has 98 valence electrons. The standard InChI is InChI=1S/C13H18N2O3/c1-10-7-12(13(14-8-10)15(16)17)18-9-11-5-3-2-4-6-11/h7-8,11H,2-6,9H2,1H3. The highest BCUT2D eigenvalue weighted by molar-refractivity contribution is 5.41. The molecule has 0 aliphatic heterocycles. The third-order valence-corrected chi connectivity index (χ3v) is 3.34. The van der Waals surface area contributed by atoms with Crippen LogP contribution in [0, 0.1) is 23.0 Å². The molecule has 1 fully saturated rings. The maximum absolute atomic E-state index is 10.8. The van der Waals surface area contributed by atoms with Crippen molar-refractivity contribution in [1.29, 1.82) is 0 Å². The molecular formula is C13H18N2O3. The van der Waals surface area contributed by atoms with E-state index >= 15 is 0 Å². The van der Waals surface area contributed by atoms with Crippen LogP contribution in [-0.2, 0) is 0 Å². The van der Waals surface area contributed by atoms with Gasteiger partial charge < -0.3 is 14.9 Å². The zero-order valence-electron chi connectivity index (χ0n) is 10.6. The van der Waals surface area contributed by atoms with Crippen molar-refractivity contribution in [3.8, 4) is 5.75 Å². The van der Waals surface area contributed by atoms with E-state index in [-0.39, 0.29) is 5.82 Å². The Labute approximate surface area is 106 Å². The molecule has 5 nitrogen and oxygen atoms in total. The van der Waals surface area contributed by atoms with Crippen LogP contribution in [0.5, 0.6) is 5.75 Å². The van der Waals surface area contributed by atoms with Crippen LogP contribution in [0.3, 0.4) is 0 Å². The Morgan fingerprint density at radius 3 is 2.83 bits per heavy atom. The Morgan fingerprint density at radius 1 is 1.44 bits per heavy atom. The molecule has 1 saturated carbocycles. The second-order valence-electron chi connectivity index (χ2n) is 4.91. The summed E-state index contributed by atoms with van der Waals surface area (Å²) in [6.07, 6.45) is 7.58. The lowest BCUT2D eigenvalue weighted by Crippen LogP contribution is -2.16. The summed E-state index contributed by atoms with van der Waals surface area (Å²) in [4.78, 5) is 14.2. The first-order valence-electron chi connectivity index (χ1n) is 6.40. The van der Waals surface area contributed by atoms with Gasteiger partial charge in [-0.15, -0.1) is 0 Å². The van der Waals surface area contributed by atoms with Crippen LogP contribution < -0.4 is 4.74 Å². The van der Waals surface area contributed by atoms with E-state index in [1.165, 1.54) is 25.5 Å². The number of rotatable bonds is 4. The fourth-order valence-corrected chi connectivity index (χ4v) is 2.34. The molecule has 1 aliphatic carbocycles. The number of ether oxygens (including phenoxy) is 1. The van der Waals surface area contributed by atoms with Gasteiger partial charge in [0.05, 0.1) is 6.61 Å². The van der Waals surface area contributed by atoms with Crippen molar-refractivity contribution in [3.05, 3.63) is 27.9 Å². The van der Waals surface area contributed by atoms with Gasteiger partial charge in [0.25, 0.3) is 0 Å². The Hall–Kier alpha value is -1.65. The summed E-state index contributed by atoms with van der Waals surface area (Å²) in [5.41, 5.74) is 0.874. The summed E-state index contributed by atoms with van der Waals surface area (Å²) in [6, 6.07) is 1.69. The van der Waals surface area contributed by atoms with E-state index in [9.17, 15) is 10.1 Å². The summed E-state index contributed by atoms with van der Waals surface area (Å²) >= 11 is 0. The smallest absolute Gasteiger partial charge is 0.406 e. The van der Waals surface area contributed by atoms with Gasteiger partial charge in [0.2, 0.25) is 5.75 Å². The maximum atomic E-state index is 10.8. The van der Waals surface area contributed by atoms with E-state index in [0.717, 1.165) is 18.4 Å². The van der Waals surface area contributed by atoms with Gasteiger partial charge in [-0.2, -0.15) is 0 Å². The molecule has 0 spiro atoms. The summed E-state index contributed by atoms with van der Waals surface area (Å²) < 4.78 is 5.61. The lowest BCUT2D eigenvalue weighted by molar-refractivity contribution is -0.390. The van der Waals surface area contributed by atoms with Crippen LogP contribution in [0.4, 0.5) is 5.82 Å². The molecule has 0 bridgehead atoms. The third-order valence-electron chi connectivity index (χ3n) is 3.34. The first-order chi connectivity index (χ1) is 8.66. The van der Waals surface area contributed by atoms with E-state index in [4.69, 9.17) is 4.74 Å². The Bertz CT molecular complexity index is 428. The highest BCUT2D eigenvalue weighted by atomic mass is 16.6. The Morgan fingerprint density at radius 2 is 2.17 bits per heavy atom. The zero-order chi connectivity index (χ0) is 13.0. The second-order valence-corrected chi connectivity index (χ2v) is 4.91. The number of aryl methyl sites for hydroxylation is 1. The molecule has 0 N–H and O–H groups in total.